The van der Waals surface area contributed by atoms with E-state index in [0.717, 1.165) is 49.0 Å². The van der Waals surface area contributed by atoms with E-state index in [4.69, 9.17) is 0 Å². The Morgan fingerprint density at radius 3 is 2.65 bits per heavy atom. The second-order valence-corrected chi connectivity index (χ2v) is 5.90. The number of para-hydroxylation sites is 2. The Balaban J connectivity index is 1.98. The summed E-state index contributed by atoms with van der Waals surface area (Å²) in [5.41, 5.74) is 1.40. The minimum Gasteiger partial charge on any atom is -0.481 e. The van der Waals surface area contributed by atoms with Gasteiger partial charge in [-0.1, -0.05) is 31.4 Å². The average Bonchev–Trinajstić information content (AvgIpc) is 2.77. The molecule has 2 aromatic rings. The number of imidazole rings is 1. The predicted molar refractivity (Wildman–Crippen MR) is 77.6 cm³/mol. The molecule has 1 aromatic heterocycles. The highest BCUT2D eigenvalue weighted by molar-refractivity contribution is 5.77. The maximum absolute atomic E-state index is 11.8. The lowest BCUT2D eigenvalue weighted by atomic mass is 9.71. The number of benzene rings is 1. The van der Waals surface area contributed by atoms with Crippen molar-refractivity contribution < 1.29 is 9.90 Å². The average molecular weight is 272 g/mol. The molecule has 0 unspecified atom stereocenters. The minimum atomic E-state index is -0.663. The SMILES string of the molecule is Cn1c(CC2(C(=O)O)CCCCC2)nc2ccccc21. The van der Waals surface area contributed by atoms with Crippen molar-refractivity contribution in [2.24, 2.45) is 12.5 Å². The predicted octanol–water partition coefficient (Wildman–Crippen LogP) is 3.15. The van der Waals surface area contributed by atoms with Gasteiger partial charge in [-0.05, 0) is 25.0 Å². The largest absolute Gasteiger partial charge is 0.481 e. The summed E-state index contributed by atoms with van der Waals surface area (Å²) in [5, 5.41) is 9.68. The Bertz CT molecular complexity index is 639. The topological polar surface area (TPSA) is 55.1 Å². The number of rotatable bonds is 3. The zero-order valence-electron chi connectivity index (χ0n) is 11.8. The standard InChI is InChI=1S/C16H20N2O2/c1-18-13-8-4-3-7-12(13)17-14(18)11-16(15(19)20)9-5-2-6-10-16/h3-4,7-8H,2,5-6,9-11H2,1H3,(H,19,20). The Morgan fingerprint density at radius 1 is 1.30 bits per heavy atom. The van der Waals surface area contributed by atoms with Crippen LogP contribution in [0.15, 0.2) is 24.3 Å². The van der Waals surface area contributed by atoms with Gasteiger partial charge in [0, 0.05) is 13.5 Å². The van der Waals surface area contributed by atoms with Crippen molar-refractivity contribution in [3.8, 4) is 0 Å². The zero-order chi connectivity index (χ0) is 14.2. The van der Waals surface area contributed by atoms with E-state index in [-0.39, 0.29) is 0 Å². The van der Waals surface area contributed by atoms with Crippen LogP contribution >= 0.6 is 0 Å². The Kier molecular flexibility index (Phi) is 3.24. The van der Waals surface area contributed by atoms with Gasteiger partial charge in [-0.2, -0.15) is 0 Å². The van der Waals surface area contributed by atoms with Gasteiger partial charge in [0.2, 0.25) is 0 Å². The van der Waals surface area contributed by atoms with Crippen LogP contribution in [0, 0.1) is 5.41 Å². The number of fused-ring (bicyclic) bond motifs is 1. The van der Waals surface area contributed by atoms with Crippen LogP contribution in [-0.4, -0.2) is 20.6 Å². The van der Waals surface area contributed by atoms with Crippen LogP contribution in [0.25, 0.3) is 11.0 Å². The van der Waals surface area contributed by atoms with Crippen LogP contribution in [0.2, 0.25) is 0 Å². The number of aromatic nitrogens is 2. The number of hydrogen-bond donors (Lipinski definition) is 1. The van der Waals surface area contributed by atoms with Gasteiger partial charge < -0.3 is 9.67 Å². The van der Waals surface area contributed by atoms with E-state index in [1.807, 2.05) is 35.9 Å². The Labute approximate surface area is 118 Å². The molecule has 1 heterocycles. The van der Waals surface area contributed by atoms with Gasteiger partial charge in [0.1, 0.15) is 5.82 Å². The molecule has 4 nitrogen and oxygen atoms in total. The van der Waals surface area contributed by atoms with Crippen molar-refractivity contribution in [1.82, 2.24) is 9.55 Å². The number of carboxylic acids is 1. The number of hydrogen-bond acceptors (Lipinski definition) is 2. The molecule has 0 aliphatic heterocycles. The molecule has 1 aromatic carbocycles. The molecule has 0 amide bonds. The molecule has 106 valence electrons. The van der Waals surface area contributed by atoms with Crippen molar-refractivity contribution in [2.45, 2.75) is 38.5 Å². The van der Waals surface area contributed by atoms with Gasteiger partial charge in [-0.25, -0.2) is 4.98 Å². The summed E-state index contributed by atoms with van der Waals surface area (Å²) in [6, 6.07) is 7.96. The first-order valence-electron chi connectivity index (χ1n) is 7.26. The van der Waals surface area contributed by atoms with Crippen LogP contribution in [0.4, 0.5) is 0 Å². The van der Waals surface area contributed by atoms with Crippen LogP contribution in [0.3, 0.4) is 0 Å². The molecule has 0 radical (unpaired) electrons. The summed E-state index contributed by atoms with van der Waals surface area (Å²) in [4.78, 5) is 16.4. The molecule has 1 fully saturated rings. The molecule has 1 N–H and O–H groups in total. The smallest absolute Gasteiger partial charge is 0.310 e. The Hall–Kier alpha value is -1.84. The molecule has 0 atom stereocenters. The van der Waals surface area contributed by atoms with E-state index < -0.39 is 11.4 Å². The van der Waals surface area contributed by atoms with Crippen LogP contribution < -0.4 is 0 Å². The first kappa shape index (κ1) is 13.2. The fourth-order valence-corrected chi connectivity index (χ4v) is 3.35. The second-order valence-electron chi connectivity index (χ2n) is 5.90. The Morgan fingerprint density at radius 2 is 2.00 bits per heavy atom. The highest BCUT2D eigenvalue weighted by Crippen LogP contribution is 2.39. The second kappa shape index (κ2) is 4.93. The summed E-state index contributed by atoms with van der Waals surface area (Å²) < 4.78 is 2.04. The first-order chi connectivity index (χ1) is 9.62. The normalized spacial score (nSPS) is 18.2. The summed E-state index contributed by atoms with van der Waals surface area (Å²) in [6.07, 6.45) is 5.24. The maximum Gasteiger partial charge on any atom is 0.310 e. The fraction of sp³-hybridized carbons (Fsp3) is 0.500. The van der Waals surface area contributed by atoms with Crippen LogP contribution in [0.5, 0.6) is 0 Å². The van der Waals surface area contributed by atoms with E-state index in [1.54, 1.807) is 0 Å². The quantitative estimate of drug-likeness (QED) is 0.933. The third-order valence-corrected chi connectivity index (χ3v) is 4.64. The number of carbonyl (C=O) groups is 1. The lowest BCUT2D eigenvalue weighted by Gasteiger charge is -2.32. The van der Waals surface area contributed by atoms with Crippen LogP contribution in [-0.2, 0) is 18.3 Å². The summed E-state index contributed by atoms with van der Waals surface area (Å²) in [6.45, 7) is 0. The number of aryl methyl sites for hydroxylation is 1. The summed E-state index contributed by atoms with van der Waals surface area (Å²) in [5.74, 6) is 0.222. The number of carboxylic acid groups (broad SMARTS) is 1. The summed E-state index contributed by atoms with van der Waals surface area (Å²) >= 11 is 0. The lowest BCUT2D eigenvalue weighted by Crippen LogP contribution is -2.36. The van der Waals surface area contributed by atoms with E-state index in [0.29, 0.717) is 6.42 Å². The lowest BCUT2D eigenvalue weighted by molar-refractivity contribution is -0.151. The molecule has 1 aliphatic rings. The van der Waals surface area contributed by atoms with Gasteiger partial charge >= 0.3 is 5.97 Å². The van der Waals surface area contributed by atoms with Crippen molar-refractivity contribution in [2.75, 3.05) is 0 Å². The van der Waals surface area contributed by atoms with E-state index in [9.17, 15) is 9.90 Å². The molecule has 1 aliphatic carbocycles. The monoisotopic (exact) mass is 272 g/mol. The van der Waals surface area contributed by atoms with Gasteiger partial charge in [0.15, 0.2) is 0 Å². The molecular weight excluding hydrogens is 252 g/mol. The van der Waals surface area contributed by atoms with Crippen molar-refractivity contribution in [3.63, 3.8) is 0 Å². The molecule has 0 bridgehead atoms. The van der Waals surface area contributed by atoms with Crippen molar-refractivity contribution in [1.29, 1.82) is 0 Å². The fourth-order valence-electron chi connectivity index (χ4n) is 3.35. The molecule has 0 spiro atoms. The number of aliphatic carboxylic acids is 1. The maximum atomic E-state index is 11.8. The van der Waals surface area contributed by atoms with Gasteiger partial charge in [-0.3, -0.25) is 4.79 Å². The zero-order valence-corrected chi connectivity index (χ0v) is 11.8. The minimum absolute atomic E-state index is 0.535. The highest BCUT2D eigenvalue weighted by Gasteiger charge is 2.40. The van der Waals surface area contributed by atoms with Crippen LogP contribution in [0.1, 0.15) is 37.9 Å². The molecule has 3 rings (SSSR count). The number of nitrogens with zero attached hydrogens (tertiary/aromatic N) is 2. The van der Waals surface area contributed by atoms with Gasteiger partial charge in [0.25, 0.3) is 0 Å². The molecule has 4 heteroatoms. The third kappa shape index (κ3) is 2.09. The first-order valence-corrected chi connectivity index (χ1v) is 7.26. The third-order valence-electron chi connectivity index (χ3n) is 4.64. The molecular formula is C16H20N2O2. The van der Waals surface area contributed by atoms with Gasteiger partial charge in [0.05, 0.1) is 16.4 Å². The van der Waals surface area contributed by atoms with E-state index >= 15 is 0 Å². The van der Waals surface area contributed by atoms with E-state index in [1.165, 1.54) is 0 Å². The van der Waals surface area contributed by atoms with Crippen molar-refractivity contribution >= 4 is 17.0 Å². The van der Waals surface area contributed by atoms with Crippen molar-refractivity contribution in [3.05, 3.63) is 30.1 Å². The van der Waals surface area contributed by atoms with Gasteiger partial charge in [-0.15, -0.1) is 0 Å². The van der Waals surface area contributed by atoms with E-state index in [2.05, 4.69) is 4.98 Å². The molecule has 20 heavy (non-hydrogen) atoms. The summed E-state index contributed by atoms with van der Waals surface area (Å²) in [7, 11) is 1.98. The molecule has 0 saturated heterocycles. The highest BCUT2D eigenvalue weighted by atomic mass is 16.4. The molecule has 1 saturated carbocycles.